The highest BCUT2D eigenvalue weighted by molar-refractivity contribution is 6.30. The molecule has 0 spiro atoms. The van der Waals surface area contributed by atoms with Gasteiger partial charge in [0.1, 0.15) is 16.7 Å². The number of rotatable bonds is 3. The van der Waals surface area contributed by atoms with E-state index in [0.29, 0.717) is 28.4 Å². The monoisotopic (exact) mass is 362 g/mol. The predicted molar refractivity (Wildman–Crippen MR) is 100.0 cm³/mol. The van der Waals surface area contributed by atoms with Gasteiger partial charge in [0.2, 0.25) is 0 Å². The van der Waals surface area contributed by atoms with Gasteiger partial charge in [0, 0.05) is 18.1 Å². The summed E-state index contributed by atoms with van der Waals surface area (Å²) in [5, 5.41) is 1.01. The molecule has 6 heteroatoms. The molecule has 0 amide bonds. The molecule has 0 atom stereocenters. The molecular weight excluding hydrogens is 343 g/mol. The molecular formula is C19H20ClFN2O2. The maximum absolute atomic E-state index is 14.3. The van der Waals surface area contributed by atoms with Gasteiger partial charge in [-0.1, -0.05) is 31.5 Å². The molecule has 2 aromatic heterocycles. The first-order valence-corrected chi connectivity index (χ1v) is 8.46. The summed E-state index contributed by atoms with van der Waals surface area (Å²) in [5.74, 6) is -0.198. The zero-order valence-corrected chi connectivity index (χ0v) is 15.4. The Balaban J connectivity index is 0.00000109. The molecule has 0 radical (unpaired) electrons. The van der Waals surface area contributed by atoms with E-state index in [1.165, 1.54) is 13.2 Å². The van der Waals surface area contributed by atoms with Gasteiger partial charge in [-0.05, 0) is 31.2 Å². The minimum Gasteiger partial charge on any atom is -0.496 e. The summed E-state index contributed by atoms with van der Waals surface area (Å²) in [6.07, 6.45) is 1.57. The summed E-state index contributed by atoms with van der Waals surface area (Å²) in [5.41, 5.74) is 0.750. The number of hydrogen-bond donors (Lipinski definition) is 0. The highest BCUT2D eigenvalue weighted by atomic mass is 35.5. The van der Waals surface area contributed by atoms with E-state index in [1.54, 1.807) is 35.0 Å². The second-order valence-electron chi connectivity index (χ2n) is 4.99. The van der Waals surface area contributed by atoms with Crippen LogP contribution in [0.3, 0.4) is 0 Å². The van der Waals surface area contributed by atoms with E-state index in [1.807, 2.05) is 20.8 Å². The van der Waals surface area contributed by atoms with Crippen LogP contribution in [0.2, 0.25) is 5.15 Å². The number of hydrogen-bond acceptors (Lipinski definition) is 3. The molecule has 0 fully saturated rings. The first kappa shape index (κ1) is 18.9. The van der Waals surface area contributed by atoms with Crippen LogP contribution >= 0.6 is 11.6 Å². The van der Waals surface area contributed by atoms with Crippen molar-refractivity contribution >= 4 is 22.5 Å². The summed E-state index contributed by atoms with van der Waals surface area (Å²) in [4.78, 5) is 16.9. The lowest BCUT2D eigenvalue weighted by atomic mass is 10.0. The third kappa shape index (κ3) is 3.51. The van der Waals surface area contributed by atoms with Gasteiger partial charge in [-0.25, -0.2) is 9.37 Å². The number of pyridine rings is 2. The van der Waals surface area contributed by atoms with Gasteiger partial charge in [0.15, 0.2) is 0 Å². The zero-order valence-electron chi connectivity index (χ0n) is 14.6. The van der Waals surface area contributed by atoms with Crippen molar-refractivity contribution in [1.82, 2.24) is 9.55 Å². The molecule has 0 bridgehead atoms. The molecule has 132 valence electrons. The van der Waals surface area contributed by atoms with Crippen LogP contribution in [0.1, 0.15) is 20.8 Å². The number of aromatic nitrogens is 2. The van der Waals surface area contributed by atoms with Gasteiger partial charge in [-0.3, -0.25) is 4.79 Å². The second-order valence-corrected chi connectivity index (χ2v) is 5.38. The van der Waals surface area contributed by atoms with Gasteiger partial charge in [0.05, 0.1) is 23.8 Å². The summed E-state index contributed by atoms with van der Waals surface area (Å²) in [6.45, 7) is 6.28. The Morgan fingerprint density at radius 2 is 2.00 bits per heavy atom. The van der Waals surface area contributed by atoms with Crippen molar-refractivity contribution in [2.45, 2.75) is 27.3 Å². The van der Waals surface area contributed by atoms with Crippen LogP contribution in [-0.2, 0) is 6.54 Å². The number of nitrogens with zero attached hydrogens (tertiary/aromatic N) is 2. The Bertz CT molecular complexity index is 954. The summed E-state index contributed by atoms with van der Waals surface area (Å²) in [6, 6.07) is 7.72. The van der Waals surface area contributed by atoms with Crippen LogP contribution < -0.4 is 10.3 Å². The standard InChI is InChI=1S/C17H14ClFN2O2.C2H6/c1-3-21-13-8-15(18)20-9-10(13)7-11(17(21)22)16-12(19)5-4-6-14(16)23-2;1-2/h4-9H,3H2,1-2H3;1-2H3. The third-order valence-electron chi connectivity index (χ3n) is 3.73. The molecule has 3 rings (SSSR count). The molecule has 0 N–H and O–H groups in total. The maximum Gasteiger partial charge on any atom is 0.259 e. The first-order chi connectivity index (χ1) is 12.1. The normalized spacial score (nSPS) is 10.3. The fourth-order valence-corrected chi connectivity index (χ4v) is 2.83. The van der Waals surface area contributed by atoms with Crippen molar-refractivity contribution in [2.75, 3.05) is 7.11 Å². The molecule has 0 aliphatic carbocycles. The minimum atomic E-state index is -0.509. The Morgan fingerprint density at radius 1 is 1.28 bits per heavy atom. The first-order valence-electron chi connectivity index (χ1n) is 8.08. The van der Waals surface area contributed by atoms with E-state index in [4.69, 9.17) is 16.3 Å². The fraction of sp³-hybridized carbons (Fsp3) is 0.263. The number of aryl methyl sites for hydroxylation is 1. The van der Waals surface area contributed by atoms with Crippen LogP contribution in [0, 0.1) is 5.82 Å². The lowest BCUT2D eigenvalue weighted by Gasteiger charge is -2.14. The van der Waals surface area contributed by atoms with E-state index in [9.17, 15) is 9.18 Å². The largest absolute Gasteiger partial charge is 0.496 e. The average molecular weight is 363 g/mol. The highest BCUT2D eigenvalue weighted by Crippen LogP contribution is 2.32. The number of fused-ring (bicyclic) bond motifs is 1. The number of methoxy groups -OCH3 is 1. The minimum absolute atomic E-state index is 0.152. The second kappa shape index (κ2) is 8.12. The molecule has 2 heterocycles. The van der Waals surface area contributed by atoms with Gasteiger partial charge in [0.25, 0.3) is 5.56 Å². The topological polar surface area (TPSA) is 44.1 Å². The quantitative estimate of drug-likeness (QED) is 0.622. The van der Waals surface area contributed by atoms with Gasteiger partial charge in [-0.2, -0.15) is 0 Å². The lowest BCUT2D eigenvalue weighted by Crippen LogP contribution is -2.22. The molecule has 3 aromatic rings. The molecule has 25 heavy (non-hydrogen) atoms. The number of halogens is 2. The van der Waals surface area contributed by atoms with Crippen LogP contribution in [0.4, 0.5) is 4.39 Å². The van der Waals surface area contributed by atoms with Gasteiger partial charge >= 0.3 is 0 Å². The summed E-state index contributed by atoms with van der Waals surface area (Å²) < 4.78 is 21.1. The van der Waals surface area contributed by atoms with E-state index in [2.05, 4.69) is 4.98 Å². The van der Waals surface area contributed by atoms with Gasteiger partial charge in [-0.15, -0.1) is 0 Å². The zero-order chi connectivity index (χ0) is 18.6. The van der Waals surface area contributed by atoms with Gasteiger partial charge < -0.3 is 9.30 Å². The SMILES string of the molecule is CC.CCn1c(=O)c(-c2c(F)cccc2OC)cc2cnc(Cl)cc21. The van der Waals surface area contributed by atoms with Crippen molar-refractivity contribution in [3.8, 4) is 16.9 Å². The van der Waals surface area contributed by atoms with Crippen molar-refractivity contribution in [2.24, 2.45) is 0 Å². The number of benzene rings is 1. The molecule has 0 unspecified atom stereocenters. The summed E-state index contributed by atoms with van der Waals surface area (Å²) >= 11 is 5.92. The highest BCUT2D eigenvalue weighted by Gasteiger charge is 2.18. The molecule has 0 aliphatic rings. The van der Waals surface area contributed by atoms with Crippen molar-refractivity contribution in [3.05, 3.63) is 57.9 Å². The van der Waals surface area contributed by atoms with E-state index >= 15 is 0 Å². The fourth-order valence-electron chi connectivity index (χ4n) is 2.68. The Hall–Kier alpha value is -2.40. The van der Waals surface area contributed by atoms with E-state index < -0.39 is 5.82 Å². The molecule has 4 nitrogen and oxygen atoms in total. The van der Waals surface area contributed by atoms with Crippen LogP contribution in [-0.4, -0.2) is 16.7 Å². The third-order valence-corrected chi connectivity index (χ3v) is 3.93. The van der Waals surface area contributed by atoms with Crippen molar-refractivity contribution in [1.29, 1.82) is 0 Å². The van der Waals surface area contributed by atoms with Crippen LogP contribution in [0.25, 0.3) is 22.0 Å². The molecule has 1 aromatic carbocycles. The average Bonchev–Trinajstić information content (AvgIpc) is 2.63. The molecule has 0 aliphatic heterocycles. The van der Waals surface area contributed by atoms with Crippen LogP contribution in [0.15, 0.2) is 41.3 Å². The Labute approximate surface area is 150 Å². The summed E-state index contributed by atoms with van der Waals surface area (Å²) in [7, 11) is 1.44. The lowest BCUT2D eigenvalue weighted by molar-refractivity contribution is 0.413. The maximum atomic E-state index is 14.3. The van der Waals surface area contributed by atoms with Crippen molar-refractivity contribution < 1.29 is 9.13 Å². The van der Waals surface area contributed by atoms with Crippen molar-refractivity contribution in [3.63, 3.8) is 0 Å². The Kier molecular flexibility index (Phi) is 6.15. The number of ether oxygens (including phenoxy) is 1. The smallest absolute Gasteiger partial charge is 0.259 e. The predicted octanol–water partition coefficient (Wildman–Crippen LogP) is 4.91. The Morgan fingerprint density at radius 3 is 2.64 bits per heavy atom. The van der Waals surface area contributed by atoms with Crippen LogP contribution in [0.5, 0.6) is 5.75 Å². The van der Waals surface area contributed by atoms with E-state index in [0.717, 1.165) is 0 Å². The van der Waals surface area contributed by atoms with E-state index in [-0.39, 0.29) is 16.7 Å². The molecule has 0 saturated carbocycles. The molecule has 0 saturated heterocycles.